The first-order valence-electron chi connectivity index (χ1n) is 12.0. The highest BCUT2D eigenvalue weighted by Crippen LogP contribution is 2.28. The Kier molecular flexibility index (Phi) is 11.0. The Morgan fingerprint density at radius 2 is 1.71 bits per heavy atom. The predicted molar refractivity (Wildman–Crippen MR) is 133 cm³/mol. The molecule has 0 saturated carbocycles. The van der Waals surface area contributed by atoms with Crippen LogP contribution in [0.5, 0.6) is 0 Å². The van der Waals surface area contributed by atoms with Crippen molar-refractivity contribution < 1.29 is 24.2 Å². The van der Waals surface area contributed by atoms with Gasteiger partial charge in [0.25, 0.3) is 0 Å². The summed E-state index contributed by atoms with van der Waals surface area (Å²) in [5.74, 6) is -0.865. The van der Waals surface area contributed by atoms with Gasteiger partial charge in [0.1, 0.15) is 17.7 Å². The maximum absolute atomic E-state index is 13.6. The van der Waals surface area contributed by atoms with E-state index < -0.39 is 36.3 Å². The maximum Gasteiger partial charge on any atom is 0.408 e. The van der Waals surface area contributed by atoms with Crippen LogP contribution in [0.1, 0.15) is 84.0 Å². The van der Waals surface area contributed by atoms with Crippen molar-refractivity contribution >= 4 is 17.9 Å². The maximum atomic E-state index is 13.6. The average molecular weight is 478 g/mol. The number of ether oxygens (including phenoxy) is 1. The van der Waals surface area contributed by atoms with Gasteiger partial charge in [-0.3, -0.25) is 9.59 Å². The van der Waals surface area contributed by atoms with Crippen molar-refractivity contribution in [3.05, 3.63) is 34.9 Å². The van der Waals surface area contributed by atoms with Crippen molar-refractivity contribution in [3.63, 3.8) is 0 Å². The second-order valence-electron chi connectivity index (χ2n) is 10.2. The molecule has 0 bridgehead atoms. The highest BCUT2D eigenvalue weighted by Gasteiger charge is 2.38. The number of hydrogen-bond donors (Lipinski definition) is 3. The summed E-state index contributed by atoms with van der Waals surface area (Å²) < 4.78 is 5.25. The highest BCUT2D eigenvalue weighted by molar-refractivity contribution is 5.92. The summed E-state index contributed by atoms with van der Waals surface area (Å²) in [6.07, 6.45) is 0.905. The molecule has 3 unspecified atom stereocenters. The molecule has 1 aromatic carbocycles. The molecule has 0 aliphatic heterocycles. The minimum Gasteiger partial charge on any atom is -0.444 e. The van der Waals surface area contributed by atoms with Crippen LogP contribution in [0.4, 0.5) is 4.79 Å². The van der Waals surface area contributed by atoms with E-state index in [1.165, 1.54) is 4.90 Å². The van der Waals surface area contributed by atoms with E-state index in [4.69, 9.17) is 4.74 Å². The summed E-state index contributed by atoms with van der Waals surface area (Å²) in [5, 5.41) is 15.4. The van der Waals surface area contributed by atoms with Crippen molar-refractivity contribution in [2.75, 3.05) is 6.61 Å². The highest BCUT2D eigenvalue weighted by atomic mass is 16.6. The minimum absolute atomic E-state index is 0.0663. The van der Waals surface area contributed by atoms with E-state index in [1.54, 1.807) is 34.6 Å². The van der Waals surface area contributed by atoms with Crippen molar-refractivity contribution in [2.45, 2.75) is 105 Å². The first kappa shape index (κ1) is 29.4. The van der Waals surface area contributed by atoms with Crippen LogP contribution in [0, 0.1) is 13.8 Å². The topological polar surface area (TPSA) is 108 Å². The molecule has 34 heavy (non-hydrogen) atoms. The SMILES string of the molecule is CCCC(C)NC(=O)C(c1ccc(C)cc1C)N(C(=O)C(CO)NC(=O)OC(C)(C)C)C(C)C. The fourth-order valence-corrected chi connectivity index (χ4v) is 3.87. The van der Waals surface area contributed by atoms with E-state index in [1.807, 2.05) is 45.9 Å². The lowest BCUT2D eigenvalue weighted by Crippen LogP contribution is -2.56. The van der Waals surface area contributed by atoms with Crippen LogP contribution < -0.4 is 10.6 Å². The van der Waals surface area contributed by atoms with Crippen LogP contribution in [0.2, 0.25) is 0 Å². The summed E-state index contributed by atoms with van der Waals surface area (Å²) >= 11 is 0. The summed E-state index contributed by atoms with van der Waals surface area (Å²) in [7, 11) is 0. The fraction of sp³-hybridized carbons (Fsp3) is 0.654. The monoisotopic (exact) mass is 477 g/mol. The van der Waals surface area contributed by atoms with Gasteiger partial charge in [0, 0.05) is 12.1 Å². The summed E-state index contributed by atoms with van der Waals surface area (Å²) in [6, 6.07) is 3.09. The minimum atomic E-state index is -1.26. The van der Waals surface area contributed by atoms with Gasteiger partial charge in [0.2, 0.25) is 11.8 Å². The summed E-state index contributed by atoms with van der Waals surface area (Å²) in [4.78, 5) is 40.9. The number of carbonyl (C=O) groups excluding carboxylic acids is 3. The van der Waals surface area contributed by atoms with E-state index in [2.05, 4.69) is 10.6 Å². The molecule has 0 spiro atoms. The third-order valence-corrected chi connectivity index (χ3v) is 5.34. The Hall–Kier alpha value is -2.61. The summed E-state index contributed by atoms with van der Waals surface area (Å²) in [5.41, 5.74) is 1.86. The lowest BCUT2D eigenvalue weighted by atomic mass is 9.95. The zero-order valence-electron chi connectivity index (χ0n) is 22.2. The number of nitrogens with zero attached hydrogens (tertiary/aromatic N) is 1. The Labute approximate surface area is 204 Å². The number of aryl methyl sites for hydroxylation is 2. The lowest BCUT2D eigenvalue weighted by molar-refractivity contribution is -0.145. The quantitative estimate of drug-likeness (QED) is 0.475. The smallest absolute Gasteiger partial charge is 0.408 e. The van der Waals surface area contributed by atoms with Gasteiger partial charge in [0.15, 0.2) is 0 Å². The van der Waals surface area contributed by atoms with E-state index in [0.717, 1.165) is 24.0 Å². The van der Waals surface area contributed by atoms with Crippen LogP contribution in [0.3, 0.4) is 0 Å². The van der Waals surface area contributed by atoms with Gasteiger partial charge in [-0.2, -0.15) is 0 Å². The molecule has 0 fully saturated rings. The second-order valence-corrected chi connectivity index (χ2v) is 10.2. The Morgan fingerprint density at radius 1 is 1.09 bits per heavy atom. The van der Waals surface area contributed by atoms with E-state index in [9.17, 15) is 19.5 Å². The zero-order valence-corrected chi connectivity index (χ0v) is 22.2. The predicted octanol–water partition coefficient (Wildman–Crippen LogP) is 3.77. The number of aliphatic hydroxyl groups is 1. The van der Waals surface area contributed by atoms with E-state index >= 15 is 0 Å². The molecule has 1 aromatic rings. The Morgan fingerprint density at radius 3 is 2.18 bits per heavy atom. The van der Waals surface area contributed by atoms with Crippen LogP contribution in [0.15, 0.2) is 18.2 Å². The molecular weight excluding hydrogens is 434 g/mol. The van der Waals surface area contributed by atoms with Crippen molar-refractivity contribution in [2.24, 2.45) is 0 Å². The molecule has 3 atom stereocenters. The first-order chi connectivity index (χ1) is 15.7. The molecule has 8 nitrogen and oxygen atoms in total. The molecular formula is C26H43N3O5. The number of hydrogen-bond acceptors (Lipinski definition) is 5. The molecule has 3 amide bonds. The molecule has 0 aromatic heterocycles. The van der Waals surface area contributed by atoms with Crippen molar-refractivity contribution in [1.82, 2.24) is 15.5 Å². The van der Waals surface area contributed by atoms with Crippen LogP contribution in [-0.4, -0.2) is 58.2 Å². The molecule has 192 valence electrons. The third-order valence-electron chi connectivity index (χ3n) is 5.34. The first-order valence-corrected chi connectivity index (χ1v) is 12.0. The second kappa shape index (κ2) is 12.7. The number of nitrogens with one attached hydrogen (secondary N) is 2. The van der Waals surface area contributed by atoms with Crippen molar-refractivity contribution in [3.8, 4) is 0 Å². The molecule has 0 saturated heterocycles. The molecule has 0 aliphatic carbocycles. The summed E-state index contributed by atoms with van der Waals surface area (Å²) in [6.45, 7) is 16.0. The van der Waals surface area contributed by atoms with Gasteiger partial charge in [-0.15, -0.1) is 0 Å². The van der Waals surface area contributed by atoms with Gasteiger partial charge in [-0.1, -0.05) is 37.1 Å². The standard InChI is InChI=1S/C26H43N3O5/c1-10-11-19(6)27-23(31)22(20-13-12-17(4)14-18(20)5)29(16(2)3)24(32)21(15-30)28-25(33)34-26(7,8)9/h12-14,16,19,21-22,30H,10-11,15H2,1-9H3,(H,27,31)(H,28,33). The number of aliphatic hydroxyl groups excluding tert-OH is 1. The fourth-order valence-electron chi connectivity index (χ4n) is 3.87. The normalized spacial score (nSPS) is 14.2. The number of benzene rings is 1. The van der Waals surface area contributed by atoms with Crippen LogP contribution in [0.25, 0.3) is 0 Å². The molecule has 0 heterocycles. The number of rotatable bonds is 10. The van der Waals surface area contributed by atoms with Crippen LogP contribution >= 0.6 is 0 Å². The van der Waals surface area contributed by atoms with Gasteiger partial charge in [0.05, 0.1) is 6.61 Å². The molecule has 0 radical (unpaired) electrons. The van der Waals surface area contributed by atoms with Gasteiger partial charge < -0.3 is 25.4 Å². The number of alkyl carbamates (subject to hydrolysis) is 1. The largest absolute Gasteiger partial charge is 0.444 e. The third kappa shape index (κ3) is 8.63. The van der Waals surface area contributed by atoms with E-state index in [-0.39, 0.29) is 18.0 Å². The Balaban J connectivity index is 3.43. The van der Waals surface area contributed by atoms with E-state index in [0.29, 0.717) is 5.56 Å². The molecule has 3 N–H and O–H groups in total. The number of amides is 3. The zero-order chi connectivity index (χ0) is 26.2. The van der Waals surface area contributed by atoms with Crippen molar-refractivity contribution in [1.29, 1.82) is 0 Å². The van der Waals surface area contributed by atoms with Gasteiger partial charge in [-0.05, 0) is 72.9 Å². The van der Waals surface area contributed by atoms with Crippen LogP contribution in [-0.2, 0) is 14.3 Å². The molecule has 1 rings (SSSR count). The molecule has 8 heteroatoms. The Bertz CT molecular complexity index is 847. The average Bonchev–Trinajstić information content (AvgIpc) is 2.68. The van der Waals surface area contributed by atoms with Gasteiger partial charge >= 0.3 is 6.09 Å². The van der Waals surface area contributed by atoms with Gasteiger partial charge in [-0.25, -0.2) is 4.79 Å². The number of carbonyl (C=O) groups is 3. The molecule has 0 aliphatic rings. The lowest BCUT2D eigenvalue weighted by Gasteiger charge is -2.38.